The Kier molecular flexibility index (Phi) is 7.41. The zero-order chi connectivity index (χ0) is 23.3. The van der Waals surface area contributed by atoms with Crippen molar-refractivity contribution in [1.29, 1.82) is 0 Å². The summed E-state index contributed by atoms with van der Waals surface area (Å²) in [5, 5.41) is 3.02. The van der Waals surface area contributed by atoms with Crippen molar-refractivity contribution in [3.63, 3.8) is 0 Å². The van der Waals surface area contributed by atoms with Crippen molar-refractivity contribution in [2.45, 2.75) is 32.7 Å². The van der Waals surface area contributed by atoms with Crippen LogP contribution in [-0.4, -0.2) is 33.8 Å². The number of aryl methyl sites for hydroxylation is 1. The van der Waals surface area contributed by atoms with Crippen LogP contribution in [0.4, 0.5) is 0 Å². The van der Waals surface area contributed by atoms with E-state index in [2.05, 4.69) is 5.32 Å². The van der Waals surface area contributed by atoms with Gasteiger partial charge in [-0.15, -0.1) is 0 Å². The Balaban J connectivity index is 2.35. The van der Waals surface area contributed by atoms with Crippen LogP contribution in [0.5, 0.6) is 23.0 Å². The van der Waals surface area contributed by atoms with E-state index < -0.39 is 0 Å². The number of rotatable bonds is 7. The van der Waals surface area contributed by atoms with E-state index in [1.54, 1.807) is 33.5 Å². The molecule has 1 N–H and O–H groups in total. The summed E-state index contributed by atoms with van der Waals surface area (Å²) in [7, 11) is 4.70. The topological polar surface area (TPSA) is 83.1 Å². The summed E-state index contributed by atoms with van der Waals surface area (Å²) < 4.78 is 22.6. The Morgan fingerprint density at radius 1 is 1.09 bits per heavy atom. The van der Waals surface area contributed by atoms with Gasteiger partial charge in [-0.25, -0.2) is 0 Å². The van der Waals surface area contributed by atoms with Crippen molar-refractivity contribution in [1.82, 2.24) is 5.32 Å². The minimum atomic E-state index is -0.313. The zero-order valence-electron chi connectivity index (χ0n) is 19.1. The molecule has 0 radical (unpaired) electrons. The molecule has 7 nitrogen and oxygen atoms in total. The van der Waals surface area contributed by atoms with Gasteiger partial charge in [-0.2, -0.15) is 0 Å². The lowest BCUT2D eigenvalue weighted by Gasteiger charge is -2.20. The van der Waals surface area contributed by atoms with Gasteiger partial charge in [0.1, 0.15) is 6.61 Å². The smallest absolute Gasteiger partial charge is 0.220 e. The van der Waals surface area contributed by atoms with Crippen molar-refractivity contribution < 1.29 is 23.7 Å². The molecule has 2 aromatic rings. The SMILES string of the molecule is C/C=C/COc1cc2c(ccc1=O)-c1c(cc(OC)c(OC)c1OC)CC[C@@H]2NC(C)=O. The zero-order valence-corrected chi connectivity index (χ0v) is 19.1. The Morgan fingerprint density at radius 3 is 2.47 bits per heavy atom. The fourth-order valence-corrected chi connectivity index (χ4v) is 4.04. The molecule has 0 saturated carbocycles. The third-order valence-electron chi connectivity index (χ3n) is 5.45. The van der Waals surface area contributed by atoms with Crippen LogP contribution in [0, 0.1) is 0 Å². The molecule has 0 heterocycles. The summed E-state index contributed by atoms with van der Waals surface area (Å²) in [6.07, 6.45) is 4.97. The van der Waals surface area contributed by atoms with Gasteiger partial charge in [-0.3, -0.25) is 9.59 Å². The van der Waals surface area contributed by atoms with Gasteiger partial charge >= 0.3 is 0 Å². The summed E-state index contributed by atoms with van der Waals surface area (Å²) in [4.78, 5) is 24.8. The van der Waals surface area contributed by atoms with Crippen LogP contribution in [0.3, 0.4) is 0 Å². The third kappa shape index (κ3) is 4.56. The van der Waals surface area contributed by atoms with E-state index in [-0.39, 0.29) is 29.7 Å². The highest BCUT2D eigenvalue weighted by Gasteiger charge is 2.29. The number of methoxy groups -OCH3 is 3. The molecule has 1 aliphatic carbocycles. The monoisotopic (exact) mass is 439 g/mol. The molecule has 1 aliphatic rings. The number of ether oxygens (including phenoxy) is 4. The molecule has 0 aliphatic heterocycles. The lowest BCUT2D eigenvalue weighted by atomic mass is 9.95. The predicted octanol–water partition coefficient (Wildman–Crippen LogP) is 3.82. The fourth-order valence-electron chi connectivity index (χ4n) is 4.04. The highest BCUT2D eigenvalue weighted by Crippen LogP contribution is 2.50. The molecule has 0 spiro atoms. The third-order valence-corrected chi connectivity index (χ3v) is 5.45. The van der Waals surface area contributed by atoms with Crippen molar-refractivity contribution >= 4 is 5.91 Å². The standard InChI is InChI=1S/C25H29NO6/c1-6-7-12-32-21-14-18-17(9-11-20(21)28)23-16(8-10-19(18)26-15(2)27)13-22(29-3)24(30-4)25(23)31-5/h6-7,9,11,13-14,19H,8,10,12H2,1-5H3,(H,26,27)/b7-6+/t19-/m0/s1. The number of amides is 1. The van der Waals surface area contributed by atoms with E-state index in [0.29, 0.717) is 30.1 Å². The number of allylic oxidation sites excluding steroid dienone is 1. The molecule has 170 valence electrons. The van der Waals surface area contributed by atoms with Crippen LogP contribution in [0.25, 0.3) is 11.1 Å². The van der Waals surface area contributed by atoms with Crippen molar-refractivity contribution in [2.24, 2.45) is 0 Å². The number of nitrogens with one attached hydrogen (secondary N) is 1. The molecule has 0 fully saturated rings. The minimum absolute atomic E-state index is 0.153. The Hall–Kier alpha value is -3.48. The van der Waals surface area contributed by atoms with Gasteiger partial charge in [-0.05, 0) is 60.7 Å². The number of fused-ring (bicyclic) bond motifs is 3. The van der Waals surface area contributed by atoms with Gasteiger partial charge in [-0.1, -0.05) is 12.2 Å². The van der Waals surface area contributed by atoms with E-state index >= 15 is 0 Å². The second kappa shape index (κ2) is 10.2. The Bertz CT molecular complexity index is 1090. The number of carbonyl (C=O) groups excluding carboxylic acids is 1. The van der Waals surface area contributed by atoms with E-state index in [9.17, 15) is 9.59 Å². The van der Waals surface area contributed by atoms with E-state index in [4.69, 9.17) is 18.9 Å². The number of hydrogen-bond donors (Lipinski definition) is 1. The molecule has 2 aromatic carbocycles. The van der Waals surface area contributed by atoms with E-state index in [0.717, 1.165) is 22.3 Å². The maximum atomic E-state index is 12.8. The average Bonchev–Trinajstić information content (AvgIpc) is 3.02. The number of benzene rings is 1. The number of hydrogen-bond acceptors (Lipinski definition) is 6. The predicted molar refractivity (Wildman–Crippen MR) is 123 cm³/mol. The Morgan fingerprint density at radius 2 is 1.84 bits per heavy atom. The van der Waals surface area contributed by atoms with Crippen LogP contribution in [0.1, 0.15) is 37.4 Å². The van der Waals surface area contributed by atoms with Crippen LogP contribution in [-0.2, 0) is 11.2 Å². The van der Waals surface area contributed by atoms with Gasteiger partial charge in [0.2, 0.25) is 17.1 Å². The Labute approximate surface area is 188 Å². The molecule has 3 rings (SSSR count). The first kappa shape index (κ1) is 23.2. The molecule has 1 amide bonds. The van der Waals surface area contributed by atoms with Gasteiger partial charge in [0.25, 0.3) is 0 Å². The first-order valence-electron chi connectivity index (χ1n) is 10.5. The second-order valence-electron chi connectivity index (χ2n) is 7.43. The normalized spacial score (nSPS) is 14.7. The molecule has 0 unspecified atom stereocenters. The summed E-state index contributed by atoms with van der Waals surface area (Å²) in [5.74, 6) is 1.61. The van der Waals surface area contributed by atoms with Gasteiger partial charge in [0, 0.05) is 12.5 Å². The maximum absolute atomic E-state index is 12.8. The molecule has 0 saturated heterocycles. The average molecular weight is 440 g/mol. The first-order valence-corrected chi connectivity index (χ1v) is 10.5. The summed E-state index contributed by atoms with van der Waals surface area (Å²) in [6.45, 7) is 3.65. The van der Waals surface area contributed by atoms with Crippen molar-refractivity contribution in [2.75, 3.05) is 27.9 Å². The van der Waals surface area contributed by atoms with Crippen molar-refractivity contribution in [3.8, 4) is 34.1 Å². The lowest BCUT2D eigenvalue weighted by molar-refractivity contribution is -0.119. The van der Waals surface area contributed by atoms with Crippen LogP contribution in [0.2, 0.25) is 0 Å². The molecule has 0 aromatic heterocycles. The number of carbonyl (C=O) groups is 1. The quantitative estimate of drug-likeness (QED) is 0.661. The largest absolute Gasteiger partial charge is 0.493 e. The molecular formula is C25H29NO6. The summed E-state index contributed by atoms with van der Waals surface area (Å²) in [6, 6.07) is 6.58. The van der Waals surface area contributed by atoms with Gasteiger partial charge in [0.15, 0.2) is 17.2 Å². The van der Waals surface area contributed by atoms with E-state index in [1.807, 2.05) is 25.1 Å². The van der Waals surface area contributed by atoms with E-state index in [1.165, 1.54) is 13.0 Å². The van der Waals surface area contributed by atoms with Gasteiger partial charge in [0.05, 0.1) is 27.4 Å². The molecular weight excluding hydrogens is 410 g/mol. The highest BCUT2D eigenvalue weighted by molar-refractivity contribution is 5.83. The summed E-state index contributed by atoms with van der Waals surface area (Å²) in [5.41, 5.74) is 3.09. The van der Waals surface area contributed by atoms with Crippen LogP contribution >= 0.6 is 0 Å². The minimum Gasteiger partial charge on any atom is -0.493 e. The lowest BCUT2D eigenvalue weighted by Crippen LogP contribution is -2.26. The molecule has 32 heavy (non-hydrogen) atoms. The van der Waals surface area contributed by atoms with Crippen LogP contribution < -0.4 is 29.7 Å². The fraction of sp³-hybridized carbons (Fsp3) is 0.360. The summed E-state index contributed by atoms with van der Waals surface area (Å²) >= 11 is 0. The first-order chi connectivity index (χ1) is 15.4. The highest BCUT2D eigenvalue weighted by atomic mass is 16.5. The van der Waals surface area contributed by atoms with Crippen molar-refractivity contribution in [3.05, 3.63) is 57.8 Å². The second-order valence-corrected chi connectivity index (χ2v) is 7.43. The van der Waals surface area contributed by atoms with Gasteiger partial charge < -0.3 is 24.3 Å². The molecule has 7 heteroatoms. The molecule has 1 atom stereocenters. The van der Waals surface area contributed by atoms with Crippen LogP contribution in [0.15, 0.2) is 41.2 Å². The maximum Gasteiger partial charge on any atom is 0.220 e. The molecule has 0 bridgehead atoms.